The van der Waals surface area contributed by atoms with E-state index in [1.54, 1.807) is 11.4 Å². The van der Waals surface area contributed by atoms with Crippen LogP contribution >= 0.6 is 17.7 Å². The van der Waals surface area contributed by atoms with Crippen LogP contribution in [0.4, 0.5) is 0 Å². The van der Waals surface area contributed by atoms with Gasteiger partial charge in [-0.2, -0.15) is 0 Å². The Morgan fingerprint density at radius 1 is 0.800 bits per heavy atom. The van der Waals surface area contributed by atoms with Crippen LogP contribution in [0, 0.1) is 0 Å². The van der Waals surface area contributed by atoms with E-state index in [2.05, 4.69) is 0 Å². The number of rotatable bonds is 4. The minimum absolute atomic E-state index is 0.543. The van der Waals surface area contributed by atoms with Crippen LogP contribution in [0.15, 0.2) is 60.7 Å². The van der Waals surface area contributed by atoms with Gasteiger partial charge in [0.25, 0.3) is 0 Å². The summed E-state index contributed by atoms with van der Waals surface area (Å²) in [4.78, 5) is 0. The van der Waals surface area contributed by atoms with Gasteiger partial charge in [0.15, 0.2) is 6.34 Å². The molecule has 20 heavy (non-hydrogen) atoms. The summed E-state index contributed by atoms with van der Waals surface area (Å²) in [7, 11) is 0. The highest BCUT2D eigenvalue weighted by atomic mass is 32.7. The molecule has 104 valence electrons. The molecule has 0 bridgehead atoms. The molecule has 1 aliphatic carbocycles. The summed E-state index contributed by atoms with van der Waals surface area (Å²) < 4.78 is 13.7. The minimum atomic E-state index is -2.56. The van der Waals surface area contributed by atoms with Gasteiger partial charge in [-0.3, -0.25) is 0 Å². The van der Waals surface area contributed by atoms with Crippen LogP contribution in [0.5, 0.6) is 0 Å². The lowest BCUT2D eigenvalue weighted by molar-refractivity contribution is 0.595. The van der Waals surface area contributed by atoms with Gasteiger partial charge in [0, 0.05) is 15.9 Å². The van der Waals surface area contributed by atoms with E-state index >= 15 is 0 Å². The highest BCUT2D eigenvalue weighted by Gasteiger charge is 2.32. The molecule has 1 fully saturated rings. The first-order chi connectivity index (χ1) is 9.79. The fourth-order valence-corrected chi connectivity index (χ4v) is 8.71. The molecule has 3 rings (SSSR count). The van der Waals surface area contributed by atoms with Gasteiger partial charge in [-0.15, -0.1) is 0 Å². The molecule has 1 nitrogen and oxygen atoms in total. The Labute approximate surface area is 124 Å². The van der Waals surface area contributed by atoms with E-state index in [4.69, 9.17) is 0 Å². The second-order valence-corrected chi connectivity index (χ2v) is 10.4. The summed E-state index contributed by atoms with van der Waals surface area (Å²) in [6, 6.07) is 20.0. The van der Waals surface area contributed by atoms with Crippen LogP contribution in [-0.4, -0.2) is 5.25 Å². The SMILES string of the molecule is O=P(SC1CCCC1)(c1ccccc1)c1ccccc1. The molecule has 2 aromatic carbocycles. The van der Waals surface area contributed by atoms with E-state index < -0.39 is 6.34 Å². The molecule has 0 saturated heterocycles. The van der Waals surface area contributed by atoms with Crippen molar-refractivity contribution in [2.45, 2.75) is 30.9 Å². The minimum Gasteiger partial charge on any atom is -0.302 e. The van der Waals surface area contributed by atoms with Gasteiger partial charge in [-0.1, -0.05) is 84.9 Å². The lowest BCUT2D eigenvalue weighted by atomic mass is 10.4. The van der Waals surface area contributed by atoms with Crippen molar-refractivity contribution in [1.29, 1.82) is 0 Å². The van der Waals surface area contributed by atoms with Crippen molar-refractivity contribution in [2.24, 2.45) is 0 Å². The molecule has 0 atom stereocenters. The van der Waals surface area contributed by atoms with Gasteiger partial charge < -0.3 is 4.57 Å². The van der Waals surface area contributed by atoms with E-state index in [0.29, 0.717) is 5.25 Å². The molecule has 1 saturated carbocycles. The lowest BCUT2D eigenvalue weighted by Gasteiger charge is -2.21. The summed E-state index contributed by atoms with van der Waals surface area (Å²) in [5.41, 5.74) is 0. The van der Waals surface area contributed by atoms with E-state index in [0.717, 1.165) is 10.6 Å². The van der Waals surface area contributed by atoms with Gasteiger partial charge in [0.05, 0.1) is 0 Å². The molecule has 3 heteroatoms. The van der Waals surface area contributed by atoms with Crippen molar-refractivity contribution in [1.82, 2.24) is 0 Å². The third-order valence-electron chi connectivity index (χ3n) is 3.79. The molecule has 1 aliphatic rings. The fourth-order valence-electron chi connectivity index (χ4n) is 2.72. The van der Waals surface area contributed by atoms with Crippen LogP contribution in [0.1, 0.15) is 25.7 Å². The van der Waals surface area contributed by atoms with Crippen molar-refractivity contribution in [3.63, 3.8) is 0 Å². The maximum atomic E-state index is 13.7. The maximum absolute atomic E-state index is 13.7. The summed E-state index contributed by atoms with van der Waals surface area (Å²) in [6.07, 6.45) is 2.41. The molecule has 0 aromatic heterocycles. The van der Waals surface area contributed by atoms with Crippen molar-refractivity contribution >= 4 is 28.3 Å². The maximum Gasteiger partial charge on any atom is 0.195 e. The van der Waals surface area contributed by atoms with Gasteiger partial charge in [-0.05, 0) is 12.8 Å². The summed E-state index contributed by atoms with van der Waals surface area (Å²) in [5, 5.41) is 2.49. The Hall–Kier alpha value is -0.980. The number of benzene rings is 2. The Morgan fingerprint density at radius 3 is 1.70 bits per heavy atom. The summed E-state index contributed by atoms with van der Waals surface area (Å²) >= 11 is 1.72. The van der Waals surface area contributed by atoms with Crippen molar-refractivity contribution in [3.05, 3.63) is 60.7 Å². The third-order valence-corrected chi connectivity index (χ3v) is 9.86. The molecule has 0 unspecified atom stereocenters. The third kappa shape index (κ3) is 2.87. The highest BCUT2D eigenvalue weighted by molar-refractivity contribution is 8.62. The summed E-state index contributed by atoms with van der Waals surface area (Å²) in [5.74, 6) is 0. The zero-order valence-corrected chi connectivity index (χ0v) is 13.2. The molecule has 0 heterocycles. The van der Waals surface area contributed by atoms with Crippen LogP contribution in [-0.2, 0) is 4.57 Å². The van der Waals surface area contributed by atoms with Gasteiger partial charge in [0.2, 0.25) is 0 Å². The average molecular weight is 302 g/mol. The first-order valence-corrected chi connectivity index (χ1v) is 10.4. The first-order valence-electron chi connectivity index (χ1n) is 7.19. The molecule has 0 radical (unpaired) electrons. The van der Waals surface area contributed by atoms with Gasteiger partial charge in [0.1, 0.15) is 0 Å². The monoisotopic (exact) mass is 302 g/mol. The van der Waals surface area contributed by atoms with Crippen LogP contribution < -0.4 is 10.6 Å². The average Bonchev–Trinajstić information content (AvgIpc) is 3.02. The zero-order chi connectivity index (χ0) is 13.8. The second-order valence-electron chi connectivity index (χ2n) is 5.23. The highest BCUT2D eigenvalue weighted by Crippen LogP contribution is 2.60. The van der Waals surface area contributed by atoms with Crippen LogP contribution in [0.25, 0.3) is 0 Å². The van der Waals surface area contributed by atoms with E-state index in [-0.39, 0.29) is 0 Å². The van der Waals surface area contributed by atoms with Crippen LogP contribution in [0.3, 0.4) is 0 Å². The molecule has 0 aliphatic heterocycles. The number of hydrogen-bond donors (Lipinski definition) is 0. The quantitative estimate of drug-likeness (QED) is 0.768. The Kier molecular flexibility index (Phi) is 4.33. The number of hydrogen-bond acceptors (Lipinski definition) is 2. The topological polar surface area (TPSA) is 17.1 Å². The van der Waals surface area contributed by atoms with Crippen molar-refractivity contribution in [2.75, 3.05) is 0 Å². The summed E-state index contributed by atoms with van der Waals surface area (Å²) in [6.45, 7) is 0. The Bertz CT molecular complexity index is 547. The molecule has 0 spiro atoms. The second kappa shape index (κ2) is 6.20. The van der Waals surface area contributed by atoms with Crippen molar-refractivity contribution in [3.8, 4) is 0 Å². The predicted octanol–water partition coefficient (Wildman–Crippen LogP) is 4.59. The Balaban J connectivity index is 2.00. The smallest absolute Gasteiger partial charge is 0.195 e. The molecule has 2 aromatic rings. The first kappa shape index (κ1) is 14.0. The molecular formula is C17H19OPS. The Morgan fingerprint density at radius 2 is 1.25 bits per heavy atom. The van der Waals surface area contributed by atoms with E-state index in [1.165, 1.54) is 25.7 Å². The van der Waals surface area contributed by atoms with Crippen LogP contribution in [0.2, 0.25) is 0 Å². The van der Waals surface area contributed by atoms with Crippen molar-refractivity contribution < 1.29 is 4.57 Å². The normalized spacial score (nSPS) is 16.4. The van der Waals surface area contributed by atoms with E-state index in [1.807, 2.05) is 60.7 Å². The van der Waals surface area contributed by atoms with Gasteiger partial charge >= 0.3 is 0 Å². The molecular weight excluding hydrogens is 283 g/mol. The fraction of sp³-hybridized carbons (Fsp3) is 0.294. The zero-order valence-electron chi connectivity index (χ0n) is 11.4. The predicted molar refractivity (Wildman–Crippen MR) is 89.6 cm³/mol. The largest absolute Gasteiger partial charge is 0.302 e. The standard InChI is InChI=1S/C17H19OPS/c18-19(15-9-3-1-4-10-15,16-11-5-2-6-12-16)20-17-13-7-8-14-17/h1-6,9-12,17H,7-8,13-14H2. The molecule has 0 amide bonds. The van der Waals surface area contributed by atoms with E-state index in [9.17, 15) is 4.57 Å². The lowest BCUT2D eigenvalue weighted by Crippen LogP contribution is -2.15. The van der Waals surface area contributed by atoms with Gasteiger partial charge in [-0.25, -0.2) is 0 Å². The molecule has 0 N–H and O–H groups in total.